The number of hydrogen-bond donors (Lipinski definition) is 0. The molecule has 0 amide bonds. The molecule has 21 heteroatoms. The number of alkyl halides is 15. The molecule has 0 spiro atoms. The van der Waals surface area contributed by atoms with Crippen molar-refractivity contribution in [1.29, 1.82) is 0 Å². The first kappa shape index (κ1) is 33.0. The van der Waals surface area contributed by atoms with E-state index in [1.165, 1.54) is 0 Å². The van der Waals surface area contributed by atoms with Gasteiger partial charge in [-0.2, -0.15) is 74.3 Å². The molecule has 0 aliphatic heterocycles. The van der Waals surface area contributed by atoms with Crippen molar-refractivity contribution in [3.05, 3.63) is 30.3 Å². The van der Waals surface area contributed by atoms with Gasteiger partial charge in [0.2, 0.25) is 0 Å². The Morgan fingerprint density at radius 2 is 0.912 bits per heavy atom. The fourth-order valence-electron chi connectivity index (χ4n) is 1.72. The van der Waals surface area contributed by atoms with Gasteiger partial charge < -0.3 is 0 Å². The molecule has 0 aromatic heterocycles. The summed E-state index contributed by atoms with van der Waals surface area (Å²) in [7, 11) is -5.69. The van der Waals surface area contributed by atoms with Crippen molar-refractivity contribution in [3.8, 4) is 0 Å². The van der Waals surface area contributed by atoms with E-state index in [4.69, 9.17) is 0 Å². The van der Waals surface area contributed by atoms with Gasteiger partial charge in [-0.3, -0.25) is 0 Å². The fraction of sp³-hybridized carbons (Fsp3) is 0.538. The van der Waals surface area contributed by atoms with Crippen molar-refractivity contribution in [2.24, 2.45) is 0 Å². The molecule has 0 N–H and O–H groups in total. The summed E-state index contributed by atoms with van der Waals surface area (Å²) in [6, 6.07) is 3.85. The summed E-state index contributed by atoms with van der Waals surface area (Å²) in [5.41, 5.74) is 0. The molecule has 0 unspecified atom stereocenters. The molecule has 34 heavy (non-hydrogen) atoms. The third kappa shape index (κ3) is 5.11. The Kier molecular flexibility index (Phi) is 9.22. The normalized spacial score (nSPS) is 15.1. The summed E-state index contributed by atoms with van der Waals surface area (Å²) < 4.78 is 220. The Labute approximate surface area is 200 Å². The van der Waals surface area contributed by atoms with Crippen LogP contribution in [0.25, 0.3) is 0 Å². The quantitative estimate of drug-likeness (QED) is 0.183. The van der Waals surface area contributed by atoms with E-state index in [1.54, 1.807) is 0 Å². The predicted octanol–water partition coefficient (Wildman–Crippen LogP) is 5.01. The summed E-state index contributed by atoms with van der Waals surface area (Å²) >= 11 is 0. The van der Waals surface area contributed by atoms with Gasteiger partial charge >= 0.3 is 81.6 Å². The van der Waals surface area contributed by atoms with E-state index < -0.39 is 56.9 Å². The number of benzene rings is 1. The van der Waals surface area contributed by atoms with Gasteiger partial charge in [-0.05, 0) is 12.1 Å². The van der Waals surface area contributed by atoms with E-state index in [0.29, 0.717) is 12.1 Å². The van der Waals surface area contributed by atoms with E-state index in [2.05, 4.69) is 9.22 Å². The van der Waals surface area contributed by atoms with Crippen LogP contribution in [-0.2, 0) is 19.3 Å². The number of hydrogen-bond acceptors (Lipinski definition) is 4. The summed E-state index contributed by atoms with van der Waals surface area (Å²) in [5.74, 6) is -41.6. The second-order valence-electron chi connectivity index (χ2n) is 5.81. The summed E-state index contributed by atoms with van der Waals surface area (Å²) in [4.78, 5) is 1.04. The van der Waals surface area contributed by atoms with E-state index in [1.807, 2.05) is 0 Å². The van der Waals surface area contributed by atoms with Crippen molar-refractivity contribution in [3.63, 3.8) is 0 Å². The van der Waals surface area contributed by atoms with Crippen LogP contribution in [0.4, 0.5) is 65.9 Å². The van der Waals surface area contributed by atoms with Gasteiger partial charge in [-0.1, -0.05) is 22.5 Å². The Hall–Kier alpha value is -0.960. The van der Waals surface area contributed by atoms with Gasteiger partial charge in [-0.15, -0.1) is 4.89 Å². The predicted molar refractivity (Wildman–Crippen MR) is 78.7 cm³/mol. The number of halogens is 15. The minimum absolute atomic E-state index is 0. The SMILES string of the molecule is O=S(=O)(OOC(F)(F)C(F)(F)C(F)(F)C(F)(F)C(F)(F)C(F)(F)C(F)(F)F)c1ccccc1.[NaH]. The van der Waals surface area contributed by atoms with Crippen LogP contribution >= 0.6 is 0 Å². The zero-order valence-electron chi connectivity index (χ0n) is 14.6. The molecule has 0 radical (unpaired) electrons. The molecule has 0 saturated carbocycles. The second kappa shape index (κ2) is 9.49. The van der Waals surface area contributed by atoms with Gasteiger partial charge in [0.25, 0.3) is 0 Å². The Bertz CT molecular complexity index is 947. The molecule has 1 aromatic rings. The van der Waals surface area contributed by atoms with Crippen LogP contribution in [-0.4, -0.2) is 79.9 Å². The Morgan fingerprint density at radius 1 is 0.559 bits per heavy atom. The van der Waals surface area contributed by atoms with Gasteiger partial charge in [0.1, 0.15) is 0 Å². The molecule has 0 saturated heterocycles. The molecule has 1 rings (SSSR count). The van der Waals surface area contributed by atoms with Crippen LogP contribution in [0.5, 0.6) is 0 Å². The Morgan fingerprint density at radius 3 is 1.29 bits per heavy atom. The van der Waals surface area contributed by atoms with Crippen molar-refractivity contribution in [2.75, 3.05) is 0 Å². The molecular formula is C13H6F15NaO4S. The van der Waals surface area contributed by atoms with Gasteiger partial charge in [0.15, 0.2) is 0 Å². The van der Waals surface area contributed by atoms with Crippen LogP contribution in [0.3, 0.4) is 0 Å². The molecule has 194 valence electrons. The second-order valence-corrected chi connectivity index (χ2v) is 7.32. The van der Waals surface area contributed by atoms with Crippen molar-refractivity contribution >= 4 is 39.7 Å². The molecule has 0 bridgehead atoms. The monoisotopic (exact) mass is 566 g/mol. The van der Waals surface area contributed by atoms with E-state index in [0.717, 1.165) is 18.2 Å². The molecule has 0 aliphatic carbocycles. The van der Waals surface area contributed by atoms with Gasteiger partial charge in [-0.25, -0.2) is 0 Å². The van der Waals surface area contributed by atoms with Crippen LogP contribution in [0.15, 0.2) is 35.2 Å². The van der Waals surface area contributed by atoms with Crippen LogP contribution in [0, 0.1) is 0 Å². The first-order chi connectivity index (χ1) is 14.3. The third-order valence-electron chi connectivity index (χ3n) is 3.56. The molecule has 0 atom stereocenters. The van der Waals surface area contributed by atoms with Crippen molar-refractivity contribution in [2.45, 2.75) is 46.8 Å². The third-order valence-corrected chi connectivity index (χ3v) is 4.66. The van der Waals surface area contributed by atoms with Gasteiger partial charge in [0, 0.05) is 0 Å². The average molecular weight is 566 g/mol. The van der Waals surface area contributed by atoms with E-state index in [9.17, 15) is 74.3 Å². The van der Waals surface area contributed by atoms with Gasteiger partial charge in [0.05, 0.1) is 4.90 Å². The zero-order valence-corrected chi connectivity index (χ0v) is 15.4. The molecule has 0 aliphatic rings. The number of rotatable bonds is 9. The first-order valence-electron chi connectivity index (χ1n) is 7.32. The van der Waals surface area contributed by atoms with Crippen LogP contribution in [0.1, 0.15) is 0 Å². The molecule has 1 aromatic carbocycles. The van der Waals surface area contributed by atoms with Crippen LogP contribution in [0.2, 0.25) is 0 Å². The van der Waals surface area contributed by atoms with Crippen LogP contribution < -0.4 is 0 Å². The molecule has 0 heterocycles. The first-order valence-corrected chi connectivity index (χ1v) is 8.73. The summed E-state index contributed by atoms with van der Waals surface area (Å²) in [6.07, 6.45) is -15.1. The average Bonchev–Trinajstić information content (AvgIpc) is 2.65. The zero-order chi connectivity index (χ0) is 26.5. The summed E-state index contributed by atoms with van der Waals surface area (Å²) in [5, 5.41) is 0. The fourth-order valence-corrected chi connectivity index (χ4v) is 2.46. The minimum atomic E-state index is -8.53. The topological polar surface area (TPSA) is 52.6 Å². The van der Waals surface area contributed by atoms with Crippen molar-refractivity contribution < 1.29 is 83.5 Å². The summed E-state index contributed by atoms with van der Waals surface area (Å²) in [6.45, 7) is 0. The standard InChI is InChI=1S/C13H5F15O4S.Na.H/c14-7(15,8(16,17)10(20,21)12(24,25)26)9(18,19)11(22,23)13(27,28)31-32-33(29,30)6-4-2-1-3-5-6;;/h1-5H;;. The van der Waals surface area contributed by atoms with E-state index in [-0.39, 0.29) is 29.6 Å². The molecule has 4 nitrogen and oxygen atoms in total. The maximum atomic E-state index is 13.4. The molecule has 0 fully saturated rings. The van der Waals surface area contributed by atoms with E-state index >= 15 is 0 Å². The molecular weight excluding hydrogens is 560 g/mol. The maximum absolute atomic E-state index is 13.4. The van der Waals surface area contributed by atoms with Crippen molar-refractivity contribution in [1.82, 2.24) is 0 Å². The Balaban J connectivity index is 0.0000109.